The Hall–Kier alpha value is -1.94. The van der Waals surface area contributed by atoms with Crippen LogP contribution in [0.2, 0.25) is 0 Å². The van der Waals surface area contributed by atoms with E-state index in [9.17, 15) is 43.2 Å². The van der Waals surface area contributed by atoms with Gasteiger partial charge in [-0.05, 0) is 49.4 Å². The zero-order valence-electron chi connectivity index (χ0n) is 68.0. The Kier molecular flexibility index (Phi) is 71.5. The minimum Gasteiger partial charge on any atom is -0.462 e. The van der Waals surface area contributed by atoms with Crippen LogP contribution in [0.5, 0.6) is 0 Å². The average Bonchev–Trinajstić information content (AvgIpc) is 1.05. The normalized spacial score (nSPS) is 14.5. The number of esters is 4. The first-order valence-electron chi connectivity index (χ1n) is 43.3. The maximum Gasteiger partial charge on any atom is 0.472 e. The van der Waals surface area contributed by atoms with E-state index in [2.05, 4.69) is 55.4 Å². The fourth-order valence-corrected chi connectivity index (χ4v) is 14.5. The number of aliphatic hydroxyl groups excluding tert-OH is 1. The van der Waals surface area contributed by atoms with Crippen molar-refractivity contribution in [2.24, 2.45) is 23.7 Å². The van der Waals surface area contributed by atoms with Crippen molar-refractivity contribution in [3.05, 3.63) is 0 Å². The second-order valence-electron chi connectivity index (χ2n) is 31.7. The predicted octanol–water partition coefficient (Wildman–Crippen LogP) is 25.2. The Labute approximate surface area is 632 Å². The highest BCUT2D eigenvalue weighted by Crippen LogP contribution is 2.45. The van der Waals surface area contributed by atoms with Gasteiger partial charge < -0.3 is 33.8 Å². The molecule has 0 amide bonds. The third-order valence-corrected chi connectivity index (χ3v) is 22.2. The molecule has 0 bridgehead atoms. The van der Waals surface area contributed by atoms with Crippen LogP contribution in [-0.4, -0.2) is 96.7 Å². The summed E-state index contributed by atoms with van der Waals surface area (Å²) < 4.78 is 68.8. The van der Waals surface area contributed by atoms with Crippen LogP contribution in [0, 0.1) is 23.7 Å². The molecule has 0 aliphatic carbocycles. The fraction of sp³-hybridized carbons (Fsp3) is 0.952. The van der Waals surface area contributed by atoms with Gasteiger partial charge in [-0.3, -0.25) is 37.3 Å². The molecule has 612 valence electrons. The molecule has 0 saturated carbocycles. The first-order valence-corrected chi connectivity index (χ1v) is 46.3. The van der Waals surface area contributed by atoms with Gasteiger partial charge in [0.25, 0.3) is 0 Å². The van der Waals surface area contributed by atoms with Gasteiger partial charge in [-0.2, -0.15) is 0 Å². The first-order chi connectivity index (χ1) is 49.7. The molecule has 0 saturated heterocycles. The highest BCUT2D eigenvalue weighted by atomic mass is 31.2. The summed E-state index contributed by atoms with van der Waals surface area (Å²) in [6.07, 6.45) is 61.2. The molecule has 17 nitrogen and oxygen atoms in total. The number of ether oxygens (including phenoxy) is 4. The number of carbonyl (C=O) groups is 4. The SMILES string of the molecule is CCC(C)CCCCCCCCCCCCCCCCCCCCC(=O)O[C@H](COC(=O)CCCCCCCCC(C)C)COP(=O)(O)OC[C@H](O)COP(=O)(O)OC[C@@H](COC(=O)CCCCCCCCCCCCCCCCCC(C)C)OC(=O)CCCCCCCCCCCCC(C)CC. The molecule has 0 heterocycles. The molecule has 0 radical (unpaired) electrons. The molecule has 7 atom stereocenters. The first kappa shape index (κ1) is 101. The summed E-state index contributed by atoms with van der Waals surface area (Å²) in [6.45, 7) is 14.3. The van der Waals surface area contributed by atoms with E-state index < -0.39 is 97.5 Å². The highest BCUT2D eigenvalue weighted by molar-refractivity contribution is 7.47. The molecular formula is C84H164O17P2. The molecular weight excluding hydrogens is 1340 g/mol. The van der Waals surface area contributed by atoms with Gasteiger partial charge in [-0.15, -0.1) is 0 Å². The van der Waals surface area contributed by atoms with Crippen molar-refractivity contribution in [1.29, 1.82) is 0 Å². The average molecular weight is 1510 g/mol. The number of hydrogen-bond donors (Lipinski definition) is 3. The predicted molar refractivity (Wildman–Crippen MR) is 423 cm³/mol. The van der Waals surface area contributed by atoms with Crippen LogP contribution >= 0.6 is 15.6 Å². The molecule has 0 fully saturated rings. The van der Waals surface area contributed by atoms with Gasteiger partial charge in [0.1, 0.15) is 19.3 Å². The van der Waals surface area contributed by atoms with Gasteiger partial charge in [-0.25, -0.2) is 9.13 Å². The quantitative estimate of drug-likeness (QED) is 0.0222. The van der Waals surface area contributed by atoms with Gasteiger partial charge in [0, 0.05) is 25.7 Å². The Morgan fingerprint density at radius 2 is 0.466 bits per heavy atom. The van der Waals surface area contributed by atoms with Crippen LogP contribution in [0.25, 0.3) is 0 Å². The van der Waals surface area contributed by atoms with E-state index in [1.54, 1.807) is 0 Å². The minimum absolute atomic E-state index is 0.106. The van der Waals surface area contributed by atoms with E-state index in [0.717, 1.165) is 114 Å². The second-order valence-corrected chi connectivity index (χ2v) is 34.6. The van der Waals surface area contributed by atoms with Crippen LogP contribution in [0.1, 0.15) is 434 Å². The lowest BCUT2D eigenvalue weighted by Gasteiger charge is -2.21. The zero-order valence-corrected chi connectivity index (χ0v) is 69.7. The lowest BCUT2D eigenvalue weighted by Crippen LogP contribution is -2.30. The Bertz CT molecular complexity index is 2010. The summed E-state index contributed by atoms with van der Waals surface area (Å²) in [7, 11) is -9.92. The monoisotopic (exact) mass is 1510 g/mol. The Balaban J connectivity index is 5.17. The topological polar surface area (TPSA) is 237 Å². The fourth-order valence-electron chi connectivity index (χ4n) is 12.9. The molecule has 0 aromatic carbocycles. The number of phosphoric ester groups is 2. The van der Waals surface area contributed by atoms with Crippen molar-refractivity contribution >= 4 is 39.5 Å². The summed E-state index contributed by atoms with van der Waals surface area (Å²) in [5.74, 6) is 1.05. The molecule has 4 unspecified atom stereocenters. The van der Waals surface area contributed by atoms with Gasteiger partial charge in [0.2, 0.25) is 0 Å². The van der Waals surface area contributed by atoms with Crippen molar-refractivity contribution < 1.29 is 80.2 Å². The van der Waals surface area contributed by atoms with Crippen molar-refractivity contribution in [3.8, 4) is 0 Å². The molecule has 0 aromatic heterocycles. The molecule has 0 spiro atoms. The van der Waals surface area contributed by atoms with E-state index in [1.165, 1.54) is 231 Å². The number of rotatable bonds is 81. The minimum atomic E-state index is -4.96. The van der Waals surface area contributed by atoms with E-state index in [0.29, 0.717) is 31.6 Å². The lowest BCUT2D eigenvalue weighted by atomic mass is 9.99. The number of hydrogen-bond acceptors (Lipinski definition) is 15. The summed E-state index contributed by atoms with van der Waals surface area (Å²) >= 11 is 0. The second kappa shape index (κ2) is 72.9. The lowest BCUT2D eigenvalue weighted by molar-refractivity contribution is -0.161. The summed E-state index contributed by atoms with van der Waals surface area (Å²) in [5, 5.41) is 10.7. The molecule has 0 rings (SSSR count). The summed E-state index contributed by atoms with van der Waals surface area (Å²) in [5.41, 5.74) is 0. The number of unbranched alkanes of at least 4 members (excludes halogenated alkanes) is 45. The van der Waals surface area contributed by atoms with Crippen molar-refractivity contribution in [3.63, 3.8) is 0 Å². The summed E-state index contributed by atoms with van der Waals surface area (Å²) in [6, 6.07) is 0. The standard InChI is InChI=1S/C84H164O17P2/c1-9-76(7)62-54-46-37-31-25-21-17-13-11-12-14-18-23-27-34-40-50-58-66-83(88)101-80(71-95-82(87)65-57-49-43-42-45-53-61-75(5)6)73-99-103(92,93)97-69-78(85)68-96-102(90,91)98-72-79(100-84(89)67-59-51-41-35-29-28-32-38-47-55-63-77(8)10-2)70-94-81(86)64-56-48-39-33-26-22-19-15-16-20-24-30-36-44-52-60-74(3)4/h74-80,85H,9-73H2,1-8H3,(H,90,91)(H,92,93)/t76?,77?,78-,79-,80-/m1/s1. The smallest absolute Gasteiger partial charge is 0.462 e. The number of carbonyl (C=O) groups excluding carboxylic acids is 4. The van der Waals surface area contributed by atoms with Gasteiger partial charge in [0.15, 0.2) is 12.2 Å². The largest absolute Gasteiger partial charge is 0.472 e. The molecule has 3 N–H and O–H groups in total. The van der Waals surface area contributed by atoms with Gasteiger partial charge in [0.05, 0.1) is 26.4 Å². The van der Waals surface area contributed by atoms with Crippen molar-refractivity contribution in [2.45, 2.75) is 453 Å². The van der Waals surface area contributed by atoms with Crippen molar-refractivity contribution in [2.75, 3.05) is 39.6 Å². The van der Waals surface area contributed by atoms with Crippen LogP contribution in [0.3, 0.4) is 0 Å². The molecule has 0 aliphatic heterocycles. The molecule has 0 aromatic rings. The van der Waals surface area contributed by atoms with Gasteiger partial charge in [-0.1, -0.05) is 383 Å². The number of phosphoric acid groups is 2. The van der Waals surface area contributed by atoms with E-state index in [4.69, 9.17) is 37.0 Å². The highest BCUT2D eigenvalue weighted by Gasteiger charge is 2.30. The molecule has 19 heteroatoms. The zero-order chi connectivity index (χ0) is 76.0. The van der Waals surface area contributed by atoms with Gasteiger partial charge >= 0.3 is 39.5 Å². The van der Waals surface area contributed by atoms with Crippen molar-refractivity contribution in [1.82, 2.24) is 0 Å². The molecule has 0 aliphatic rings. The van der Waals surface area contributed by atoms with E-state index in [-0.39, 0.29) is 25.7 Å². The van der Waals surface area contributed by atoms with Crippen LogP contribution < -0.4 is 0 Å². The van der Waals surface area contributed by atoms with Crippen LogP contribution in [-0.2, 0) is 65.4 Å². The maximum absolute atomic E-state index is 13.1. The number of aliphatic hydroxyl groups is 1. The third kappa shape index (κ3) is 75.3. The Morgan fingerprint density at radius 1 is 0.272 bits per heavy atom. The summed E-state index contributed by atoms with van der Waals surface area (Å²) in [4.78, 5) is 73.1. The van der Waals surface area contributed by atoms with Crippen LogP contribution in [0.4, 0.5) is 0 Å². The van der Waals surface area contributed by atoms with E-state index >= 15 is 0 Å². The Morgan fingerprint density at radius 3 is 0.689 bits per heavy atom. The van der Waals surface area contributed by atoms with Crippen LogP contribution in [0.15, 0.2) is 0 Å². The van der Waals surface area contributed by atoms with E-state index in [1.807, 2.05) is 0 Å². The molecule has 103 heavy (non-hydrogen) atoms. The maximum atomic E-state index is 13.1. The third-order valence-electron chi connectivity index (χ3n) is 20.3.